The second-order valence-corrected chi connectivity index (χ2v) is 8.40. The Morgan fingerprint density at radius 3 is 2.67 bits per heavy atom. The van der Waals surface area contributed by atoms with Gasteiger partial charge in [-0.1, -0.05) is 11.6 Å². The van der Waals surface area contributed by atoms with E-state index in [2.05, 4.69) is 15.9 Å². The summed E-state index contributed by atoms with van der Waals surface area (Å²) in [5.74, 6) is -0.345. The number of methoxy groups -OCH3 is 1. The first-order valence-corrected chi connectivity index (χ1v) is 9.48. The molecular formula is C12H12BrCl2NO4S. The third-order valence-electron chi connectivity index (χ3n) is 3.28. The van der Waals surface area contributed by atoms with Gasteiger partial charge in [-0.3, -0.25) is 4.79 Å². The lowest BCUT2D eigenvalue weighted by atomic mass is 10.2. The van der Waals surface area contributed by atoms with Gasteiger partial charge in [-0.2, -0.15) is 0 Å². The summed E-state index contributed by atoms with van der Waals surface area (Å²) < 4.78 is 28.4. The highest BCUT2D eigenvalue weighted by atomic mass is 79.9. The summed E-state index contributed by atoms with van der Waals surface area (Å²) >= 11 is 9.24. The molecule has 1 atom stereocenters. The van der Waals surface area contributed by atoms with Crippen molar-refractivity contribution < 1.29 is 17.9 Å². The van der Waals surface area contributed by atoms with Crippen molar-refractivity contribution in [3.8, 4) is 0 Å². The van der Waals surface area contributed by atoms with Gasteiger partial charge in [0, 0.05) is 35.4 Å². The monoisotopic (exact) mass is 415 g/mol. The largest absolute Gasteiger partial charge is 0.380 e. The number of ether oxygens (including phenoxy) is 1. The van der Waals surface area contributed by atoms with E-state index in [1.165, 1.54) is 12.1 Å². The predicted molar refractivity (Wildman–Crippen MR) is 83.5 cm³/mol. The summed E-state index contributed by atoms with van der Waals surface area (Å²) in [6, 6.07) is 2.46. The molecule has 9 heteroatoms. The Balaban J connectivity index is 2.39. The van der Waals surface area contributed by atoms with E-state index in [1.807, 2.05) is 0 Å². The first kappa shape index (κ1) is 17.0. The summed E-state index contributed by atoms with van der Waals surface area (Å²) in [6.45, 7) is 0.976. The predicted octanol–water partition coefficient (Wildman–Crippen LogP) is 2.89. The van der Waals surface area contributed by atoms with E-state index < -0.39 is 9.05 Å². The molecule has 0 spiro atoms. The first-order valence-electron chi connectivity index (χ1n) is 6.00. The SMILES string of the molecule is COC1CCN(C(=O)c2cc(S(=O)(=O)Cl)cc(Br)c2Cl)C1. The van der Waals surface area contributed by atoms with Crippen LogP contribution >= 0.6 is 38.2 Å². The Labute approximate surface area is 140 Å². The normalized spacial score (nSPS) is 19.0. The number of benzene rings is 1. The lowest BCUT2D eigenvalue weighted by Gasteiger charge is -2.18. The molecule has 1 aliphatic rings. The van der Waals surface area contributed by atoms with E-state index in [-0.39, 0.29) is 27.5 Å². The molecule has 1 saturated heterocycles. The Morgan fingerprint density at radius 1 is 1.48 bits per heavy atom. The maximum atomic E-state index is 12.5. The molecule has 21 heavy (non-hydrogen) atoms. The number of amides is 1. The molecule has 5 nitrogen and oxygen atoms in total. The van der Waals surface area contributed by atoms with E-state index in [1.54, 1.807) is 12.0 Å². The van der Waals surface area contributed by atoms with Crippen LogP contribution in [0.3, 0.4) is 0 Å². The number of halogens is 3. The molecule has 1 aromatic carbocycles. The molecule has 0 radical (unpaired) electrons. The molecule has 1 heterocycles. The minimum Gasteiger partial charge on any atom is -0.380 e. The fourth-order valence-electron chi connectivity index (χ4n) is 2.14. The van der Waals surface area contributed by atoms with Crippen molar-refractivity contribution in [2.75, 3.05) is 20.2 Å². The van der Waals surface area contributed by atoms with Gasteiger partial charge in [-0.15, -0.1) is 0 Å². The number of hydrogen-bond donors (Lipinski definition) is 0. The van der Waals surface area contributed by atoms with Crippen LogP contribution in [0, 0.1) is 0 Å². The minimum atomic E-state index is -3.95. The van der Waals surface area contributed by atoms with Gasteiger partial charge in [-0.05, 0) is 34.5 Å². The molecule has 1 amide bonds. The van der Waals surface area contributed by atoms with Gasteiger partial charge in [0.05, 0.1) is 21.6 Å². The molecule has 116 valence electrons. The molecule has 1 aromatic rings. The van der Waals surface area contributed by atoms with Crippen molar-refractivity contribution in [1.29, 1.82) is 0 Å². The Kier molecular flexibility index (Phi) is 5.20. The van der Waals surface area contributed by atoms with Crippen LogP contribution in [-0.2, 0) is 13.8 Å². The minimum absolute atomic E-state index is 0.0175. The van der Waals surface area contributed by atoms with Crippen LogP contribution in [0.15, 0.2) is 21.5 Å². The Morgan fingerprint density at radius 2 is 2.14 bits per heavy atom. The van der Waals surface area contributed by atoms with Gasteiger partial charge < -0.3 is 9.64 Å². The van der Waals surface area contributed by atoms with Crippen LogP contribution in [0.25, 0.3) is 0 Å². The molecule has 1 fully saturated rings. The molecule has 2 rings (SSSR count). The van der Waals surface area contributed by atoms with Crippen LogP contribution < -0.4 is 0 Å². The molecule has 0 N–H and O–H groups in total. The van der Waals surface area contributed by atoms with Gasteiger partial charge in [0.2, 0.25) is 0 Å². The Hall–Kier alpha value is -0.340. The molecule has 0 aromatic heterocycles. The van der Waals surface area contributed by atoms with Crippen molar-refractivity contribution in [2.45, 2.75) is 17.4 Å². The summed E-state index contributed by atoms with van der Waals surface area (Å²) in [4.78, 5) is 13.9. The van der Waals surface area contributed by atoms with E-state index in [9.17, 15) is 13.2 Å². The maximum absolute atomic E-state index is 12.5. The summed E-state index contributed by atoms with van der Waals surface area (Å²) in [5.41, 5.74) is 0.0991. The van der Waals surface area contributed by atoms with Crippen LogP contribution in [0.5, 0.6) is 0 Å². The van der Waals surface area contributed by atoms with E-state index in [0.29, 0.717) is 17.6 Å². The van der Waals surface area contributed by atoms with Crippen molar-refractivity contribution in [1.82, 2.24) is 4.90 Å². The van der Waals surface area contributed by atoms with E-state index in [0.717, 1.165) is 6.42 Å². The number of rotatable bonds is 3. The van der Waals surface area contributed by atoms with Crippen molar-refractivity contribution in [3.63, 3.8) is 0 Å². The zero-order valence-corrected chi connectivity index (χ0v) is 14.9. The second-order valence-electron chi connectivity index (χ2n) is 4.60. The zero-order chi connectivity index (χ0) is 15.8. The van der Waals surface area contributed by atoms with Crippen LogP contribution in [0.1, 0.15) is 16.8 Å². The van der Waals surface area contributed by atoms with Gasteiger partial charge in [0.15, 0.2) is 0 Å². The lowest BCUT2D eigenvalue weighted by Crippen LogP contribution is -2.30. The number of carbonyl (C=O) groups excluding carboxylic acids is 1. The third-order valence-corrected chi connectivity index (χ3v) is 5.87. The smallest absolute Gasteiger partial charge is 0.261 e. The van der Waals surface area contributed by atoms with Crippen molar-refractivity contribution in [3.05, 3.63) is 27.2 Å². The van der Waals surface area contributed by atoms with Crippen molar-refractivity contribution >= 4 is 53.2 Å². The van der Waals surface area contributed by atoms with Crippen LogP contribution in [-0.4, -0.2) is 45.5 Å². The van der Waals surface area contributed by atoms with Gasteiger partial charge in [0.25, 0.3) is 15.0 Å². The molecule has 1 aliphatic heterocycles. The average molecular weight is 417 g/mol. The number of nitrogens with zero attached hydrogens (tertiary/aromatic N) is 1. The molecule has 0 saturated carbocycles. The van der Waals surface area contributed by atoms with E-state index >= 15 is 0 Å². The summed E-state index contributed by atoms with van der Waals surface area (Å²) in [7, 11) is 2.97. The quantitative estimate of drug-likeness (QED) is 0.710. The highest BCUT2D eigenvalue weighted by Crippen LogP contribution is 2.32. The highest BCUT2D eigenvalue weighted by Gasteiger charge is 2.29. The second kappa shape index (κ2) is 6.42. The summed E-state index contributed by atoms with van der Waals surface area (Å²) in [5, 5.41) is 0.157. The van der Waals surface area contributed by atoms with Gasteiger partial charge >= 0.3 is 0 Å². The fraction of sp³-hybridized carbons (Fsp3) is 0.417. The number of likely N-dealkylation sites (tertiary alicyclic amines) is 1. The number of carbonyl (C=O) groups is 1. The lowest BCUT2D eigenvalue weighted by molar-refractivity contribution is 0.0724. The zero-order valence-electron chi connectivity index (χ0n) is 11.0. The topological polar surface area (TPSA) is 63.7 Å². The van der Waals surface area contributed by atoms with Crippen LogP contribution in [0.4, 0.5) is 0 Å². The first-order chi connectivity index (χ1) is 9.74. The fourth-order valence-corrected chi connectivity index (χ4v) is 3.72. The van der Waals surface area contributed by atoms with Crippen LogP contribution in [0.2, 0.25) is 5.02 Å². The third kappa shape index (κ3) is 3.71. The van der Waals surface area contributed by atoms with Gasteiger partial charge in [-0.25, -0.2) is 8.42 Å². The standard InChI is InChI=1S/C12H12BrCl2NO4S/c1-20-7-2-3-16(6-7)12(17)9-4-8(21(15,18)19)5-10(13)11(9)14/h4-5,7H,2-3,6H2,1H3. The van der Waals surface area contributed by atoms with Crippen molar-refractivity contribution in [2.24, 2.45) is 0 Å². The van der Waals surface area contributed by atoms with Gasteiger partial charge in [0.1, 0.15) is 0 Å². The molecular weight excluding hydrogens is 405 g/mol. The molecule has 1 unspecified atom stereocenters. The highest BCUT2D eigenvalue weighted by molar-refractivity contribution is 9.10. The number of hydrogen-bond acceptors (Lipinski definition) is 4. The molecule has 0 aliphatic carbocycles. The Bertz CT molecular complexity index is 680. The van der Waals surface area contributed by atoms with E-state index in [4.69, 9.17) is 27.0 Å². The maximum Gasteiger partial charge on any atom is 0.261 e. The average Bonchev–Trinajstić information content (AvgIpc) is 2.88. The molecule has 0 bridgehead atoms. The summed E-state index contributed by atoms with van der Waals surface area (Å²) in [6.07, 6.45) is 0.713.